The van der Waals surface area contributed by atoms with E-state index in [-0.39, 0.29) is 6.09 Å². The van der Waals surface area contributed by atoms with E-state index >= 15 is 0 Å². The summed E-state index contributed by atoms with van der Waals surface area (Å²) in [6.45, 7) is 9.58. The fourth-order valence-corrected chi connectivity index (χ4v) is 1.93. The van der Waals surface area contributed by atoms with Crippen molar-refractivity contribution in [1.29, 1.82) is 0 Å². The van der Waals surface area contributed by atoms with Crippen molar-refractivity contribution >= 4 is 6.09 Å². The average molecular weight is 302 g/mol. The molecule has 0 aromatic rings. The van der Waals surface area contributed by atoms with Crippen LogP contribution in [0.25, 0.3) is 0 Å². The van der Waals surface area contributed by atoms with Gasteiger partial charge in [-0.25, -0.2) is 4.79 Å². The molecule has 3 nitrogen and oxygen atoms in total. The first-order valence-corrected chi connectivity index (χ1v) is 9.13. The van der Waals surface area contributed by atoms with E-state index in [1.54, 1.807) is 6.92 Å². The van der Waals surface area contributed by atoms with Gasteiger partial charge >= 0.3 is 6.09 Å². The van der Waals surface area contributed by atoms with Gasteiger partial charge in [-0.3, -0.25) is 0 Å². The van der Waals surface area contributed by atoms with Crippen LogP contribution in [0.4, 0.5) is 4.79 Å². The van der Waals surface area contributed by atoms with Crippen molar-refractivity contribution in [2.75, 3.05) is 13.2 Å². The number of amides is 1. The summed E-state index contributed by atoms with van der Waals surface area (Å²) in [5, 5.41) is 2.62. The molecule has 0 saturated heterocycles. The van der Waals surface area contributed by atoms with E-state index in [1.165, 1.54) is 57.8 Å². The number of carbonyl (C=O) groups excluding carboxylic acids is 1. The lowest BCUT2D eigenvalue weighted by Crippen LogP contribution is -2.24. The van der Waals surface area contributed by atoms with Gasteiger partial charge in [-0.05, 0) is 13.3 Å². The molecule has 0 aliphatic carbocycles. The maximum Gasteiger partial charge on any atom is 0.407 e. The Kier molecular flexibility index (Phi) is 23.2. The molecule has 0 aliphatic heterocycles. The predicted molar refractivity (Wildman–Crippen MR) is 92.8 cm³/mol. The summed E-state index contributed by atoms with van der Waals surface area (Å²) in [6.07, 6.45) is 14.7. The van der Waals surface area contributed by atoms with Gasteiger partial charge in [0.15, 0.2) is 0 Å². The zero-order chi connectivity index (χ0) is 16.2. The summed E-state index contributed by atoms with van der Waals surface area (Å²) in [6, 6.07) is 0. The Morgan fingerprint density at radius 1 is 0.714 bits per heavy atom. The van der Waals surface area contributed by atoms with Crippen molar-refractivity contribution in [2.45, 2.75) is 98.3 Å². The Balaban J connectivity index is 0. The maximum absolute atomic E-state index is 10.6. The molecule has 0 rings (SSSR count). The molecular weight excluding hydrogens is 262 g/mol. The highest BCUT2D eigenvalue weighted by atomic mass is 16.5. The third-order valence-corrected chi connectivity index (χ3v) is 3.28. The van der Waals surface area contributed by atoms with Gasteiger partial charge in [0.1, 0.15) is 0 Å². The summed E-state index contributed by atoms with van der Waals surface area (Å²) >= 11 is 0. The minimum Gasteiger partial charge on any atom is -0.450 e. The summed E-state index contributed by atoms with van der Waals surface area (Å²) in [5.41, 5.74) is 0. The predicted octanol–water partition coefficient (Wildman–Crippen LogP) is 6.07. The van der Waals surface area contributed by atoms with Crippen LogP contribution in [0.5, 0.6) is 0 Å². The van der Waals surface area contributed by atoms with Gasteiger partial charge in [0.05, 0.1) is 6.61 Å². The van der Waals surface area contributed by atoms with E-state index in [0.717, 1.165) is 19.4 Å². The minimum atomic E-state index is -0.309. The van der Waals surface area contributed by atoms with Crippen LogP contribution < -0.4 is 5.32 Å². The minimum absolute atomic E-state index is 0.309. The SMILES string of the molecule is CCCCCCCCCCC.CCCCNC(=O)OCC. The normalized spacial score (nSPS) is 9.71. The summed E-state index contributed by atoms with van der Waals surface area (Å²) in [5.74, 6) is 0. The largest absolute Gasteiger partial charge is 0.450 e. The number of ether oxygens (including phenoxy) is 1. The molecule has 0 heterocycles. The van der Waals surface area contributed by atoms with Crippen molar-refractivity contribution in [3.05, 3.63) is 0 Å². The average Bonchev–Trinajstić information content (AvgIpc) is 2.48. The van der Waals surface area contributed by atoms with E-state index in [0.29, 0.717) is 6.61 Å². The molecule has 128 valence electrons. The van der Waals surface area contributed by atoms with E-state index in [2.05, 4.69) is 30.8 Å². The zero-order valence-electron chi connectivity index (χ0n) is 15.0. The molecule has 0 bridgehead atoms. The van der Waals surface area contributed by atoms with Gasteiger partial charge in [0.2, 0.25) is 0 Å². The quantitative estimate of drug-likeness (QED) is 0.444. The molecule has 21 heavy (non-hydrogen) atoms. The van der Waals surface area contributed by atoms with Crippen LogP contribution in [0.1, 0.15) is 98.3 Å². The third-order valence-electron chi connectivity index (χ3n) is 3.28. The molecule has 0 spiro atoms. The van der Waals surface area contributed by atoms with E-state index < -0.39 is 0 Å². The second-order valence-electron chi connectivity index (χ2n) is 5.48. The highest BCUT2D eigenvalue weighted by Gasteiger charge is 1.95. The number of alkyl carbamates (subject to hydrolysis) is 1. The Morgan fingerprint density at radius 2 is 1.14 bits per heavy atom. The van der Waals surface area contributed by atoms with Crippen LogP contribution in [-0.4, -0.2) is 19.2 Å². The van der Waals surface area contributed by atoms with Crippen molar-refractivity contribution in [3.8, 4) is 0 Å². The lowest BCUT2D eigenvalue weighted by Gasteiger charge is -2.02. The van der Waals surface area contributed by atoms with E-state index in [4.69, 9.17) is 0 Å². The topological polar surface area (TPSA) is 38.3 Å². The molecule has 0 aromatic heterocycles. The first-order chi connectivity index (χ1) is 10.2. The van der Waals surface area contributed by atoms with Crippen LogP contribution in [0, 0.1) is 0 Å². The number of unbranched alkanes of at least 4 members (excludes halogenated alkanes) is 9. The Labute approximate surface area is 133 Å². The number of rotatable bonds is 12. The lowest BCUT2D eigenvalue weighted by atomic mass is 10.1. The molecule has 1 N–H and O–H groups in total. The highest BCUT2D eigenvalue weighted by molar-refractivity contribution is 5.66. The molecule has 0 unspecified atom stereocenters. The second kappa shape index (κ2) is 21.6. The number of hydrogen-bond acceptors (Lipinski definition) is 2. The Morgan fingerprint density at radius 3 is 1.52 bits per heavy atom. The molecule has 0 aromatic carbocycles. The molecule has 0 saturated carbocycles. The molecule has 1 amide bonds. The van der Waals surface area contributed by atoms with Crippen LogP contribution in [-0.2, 0) is 4.74 Å². The maximum atomic E-state index is 10.6. The summed E-state index contributed by atoms with van der Waals surface area (Å²) in [7, 11) is 0. The van der Waals surface area contributed by atoms with Gasteiger partial charge < -0.3 is 10.1 Å². The van der Waals surface area contributed by atoms with Crippen molar-refractivity contribution in [3.63, 3.8) is 0 Å². The summed E-state index contributed by atoms with van der Waals surface area (Å²) in [4.78, 5) is 10.6. The van der Waals surface area contributed by atoms with E-state index in [1.807, 2.05) is 0 Å². The standard InChI is InChI=1S/C11H24.C7H15NO2/c1-3-5-7-9-11-10-8-6-4-2;1-3-5-6-8-7(9)10-4-2/h3-11H2,1-2H3;3-6H2,1-2H3,(H,8,9). The summed E-state index contributed by atoms with van der Waals surface area (Å²) < 4.78 is 4.64. The first kappa shape index (κ1) is 22.5. The monoisotopic (exact) mass is 301 g/mol. The fourth-order valence-electron chi connectivity index (χ4n) is 1.93. The Hall–Kier alpha value is -0.730. The molecule has 3 heteroatoms. The number of nitrogens with one attached hydrogen (secondary N) is 1. The highest BCUT2D eigenvalue weighted by Crippen LogP contribution is 2.08. The van der Waals surface area contributed by atoms with Crippen LogP contribution in [0.2, 0.25) is 0 Å². The molecule has 0 aliphatic rings. The van der Waals surface area contributed by atoms with Gasteiger partial charge in [-0.15, -0.1) is 0 Å². The lowest BCUT2D eigenvalue weighted by molar-refractivity contribution is 0.152. The van der Waals surface area contributed by atoms with Gasteiger partial charge in [-0.1, -0.05) is 85.0 Å². The fraction of sp³-hybridized carbons (Fsp3) is 0.944. The molecular formula is C18H39NO2. The van der Waals surface area contributed by atoms with Crippen LogP contribution >= 0.6 is 0 Å². The van der Waals surface area contributed by atoms with Crippen molar-refractivity contribution in [1.82, 2.24) is 5.32 Å². The Bertz CT molecular complexity index is 188. The third kappa shape index (κ3) is 24.6. The van der Waals surface area contributed by atoms with Crippen LogP contribution in [0.15, 0.2) is 0 Å². The van der Waals surface area contributed by atoms with Crippen molar-refractivity contribution in [2.24, 2.45) is 0 Å². The number of hydrogen-bond donors (Lipinski definition) is 1. The first-order valence-electron chi connectivity index (χ1n) is 9.13. The molecule has 0 atom stereocenters. The van der Waals surface area contributed by atoms with Gasteiger partial charge in [0.25, 0.3) is 0 Å². The smallest absolute Gasteiger partial charge is 0.407 e. The van der Waals surface area contributed by atoms with Gasteiger partial charge in [-0.2, -0.15) is 0 Å². The molecule has 0 fully saturated rings. The van der Waals surface area contributed by atoms with Crippen molar-refractivity contribution < 1.29 is 9.53 Å². The van der Waals surface area contributed by atoms with Crippen LogP contribution in [0.3, 0.4) is 0 Å². The number of carbonyl (C=O) groups is 1. The van der Waals surface area contributed by atoms with E-state index in [9.17, 15) is 4.79 Å². The molecule has 0 radical (unpaired) electrons. The van der Waals surface area contributed by atoms with Gasteiger partial charge in [0, 0.05) is 6.54 Å². The second-order valence-corrected chi connectivity index (χ2v) is 5.48. The zero-order valence-corrected chi connectivity index (χ0v) is 15.0.